The SMILES string of the molecule is CCCCCCCCCCCCCCCCCC(O)C(CO)NC(=O)CCCCCCCCCCCCCCCCCCCCCCCCCCOC(=O)CCCCCCCCCCCCCCC. The van der Waals surface area contributed by atoms with E-state index < -0.39 is 12.1 Å². The van der Waals surface area contributed by atoms with E-state index in [0.717, 1.165) is 38.5 Å². The summed E-state index contributed by atoms with van der Waals surface area (Å²) in [6, 6.07) is -0.539. The topological polar surface area (TPSA) is 95.9 Å². The number of aliphatic hydroxyl groups excluding tert-OH is 2. The van der Waals surface area contributed by atoms with Crippen molar-refractivity contribution in [3.05, 3.63) is 0 Å². The average molecular weight is 977 g/mol. The number of aliphatic hydroxyl groups is 2. The second-order valence-electron chi connectivity index (χ2n) is 22.1. The molecule has 0 bridgehead atoms. The lowest BCUT2D eigenvalue weighted by molar-refractivity contribution is -0.143. The van der Waals surface area contributed by atoms with Crippen LogP contribution in [0.15, 0.2) is 0 Å². The Labute approximate surface area is 432 Å². The summed E-state index contributed by atoms with van der Waals surface area (Å²) < 4.78 is 5.48. The number of ether oxygens (including phenoxy) is 1. The maximum Gasteiger partial charge on any atom is 0.305 e. The zero-order chi connectivity index (χ0) is 50.0. The molecule has 3 N–H and O–H groups in total. The first kappa shape index (κ1) is 67.9. The number of nitrogens with one attached hydrogen (secondary N) is 1. The van der Waals surface area contributed by atoms with E-state index in [-0.39, 0.29) is 18.5 Å². The van der Waals surface area contributed by atoms with Crippen molar-refractivity contribution >= 4 is 11.9 Å². The van der Waals surface area contributed by atoms with Gasteiger partial charge in [-0.1, -0.05) is 328 Å². The third-order valence-electron chi connectivity index (χ3n) is 15.2. The van der Waals surface area contributed by atoms with Crippen molar-refractivity contribution in [2.45, 2.75) is 379 Å². The van der Waals surface area contributed by atoms with Crippen LogP contribution in [0, 0.1) is 0 Å². The van der Waals surface area contributed by atoms with Crippen LogP contribution in [-0.4, -0.2) is 47.4 Å². The maximum absolute atomic E-state index is 12.5. The van der Waals surface area contributed by atoms with Gasteiger partial charge < -0.3 is 20.3 Å². The summed E-state index contributed by atoms with van der Waals surface area (Å²) >= 11 is 0. The van der Waals surface area contributed by atoms with E-state index in [4.69, 9.17) is 4.74 Å². The highest BCUT2D eigenvalue weighted by Gasteiger charge is 2.20. The van der Waals surface area contributed by atoms with Gasteiger partial charge >= 0.3 is 5.97 Å². The monoisotopic (exact) mass is 976 g/mol. The molecule has 6 heteroatoms. The van der Waals surface area contributed by atoms with Crippen LogP contribution in [0.2, 0.25) is 0 Å². The molecule has 1 amide bonds. The van der Waals surface area contributed by atoms with Crippen LogP contribution in [0.25, 0.3) is 0 Å². The molecule has 0 aliphatic carbocycles. The normalized spacial score (nSPS) is 12.5. The van der Waals surface area contributed by atoms with Gasteiger partial charge in [0.1, 0.15) is 0 Å². The lowest BCUT2D eigenvalue weighted by Crippen LogP contribution is -2.45. The largest absolute Gasteiger partial charge is 0.466 e. The summed E-state index contributed by atoms with van der Waals surface area (Å²) in [7, 11) is 0. The van der Waals surface area contributed by atoms with Crippen LogP contribution in [0.1, 0.15) is 367 Å². The zero-order valence-corrected chi connectivity index (χ0v) is 47.1. The van der Waals surface area contributed by atoms with Gasteiger partial charge in [-0.2, -0.15) is 0 Å². The van der Waals surface area contributed by atoms with Crippen LogP contribution in [0.3, 0.4) is 0 Å². The molecular weight excluding hydrogens is 851 g/mol. The number of esters is 1. The first-order valence-electron chi connectivity index (χ1n) is 31.8. The van der Waals surface area contributed by atoms with Crippen LogP contribution < -0.4 is 5.32 Å². The summed E-state index contributed by atoms with van der Waals surface area (Å²) in [4.78, 5) is 24.5. The molecule has 2 unspecified atom stereocenters. The van der Waals surface area contributed by atoms with Crippen molar-refractivity contribution in [1.82, 2.24) is 5.32 Å². The second kappa shape index (κ2) is 59.4. The minimum Gasteiger partial charge on any atom is -0.466 e. The molecule has 0 aromatic carbocycles. The number of unbranched alkanes of at least 4 members (excludes halogenated alkanes) is 49. The van der Waals surface area contributed by atoms with E-state index in [2.05, 4.69) is 19.2 Å². The second-order valence-corrected chi connectivity index (χ2v) is 22.1. The van der Waals surface area contributed by atoms with E-state index in [1.165, 1.54) is 295 Å². The molecule has 0 saturated heterocycles. The van der Waals surface area contributed by atoms with Crippen LogP contribution in [-0.2, 0) is 14.3 Å². The van der Waals surface area contributed by atoms with Crippen molar-refractivity contribution < 1.29 is 24.5 Å². The van der Waals surface area contributed by atoms with Gasteiger partial charge in [0.2, 0.25) is 5.91 Å². The van der Waals surface area contributed by atoms with Gasteiger partial charge in [0, 0.05) is 12.8 Å². The number of hydrogen-bond acceptors (Lipinski definition) is 5. The Balaban J connectivity index is 3.34. The number of amides is 1. The Kier molecular flexibility index (Phi) is 58.4. The molecule has 0 spiro atoms. The summed E-state index contributed by atoms with van der Waals surface area (Å²) in [5.41, 5.74) is 0. The van der Waals surface area contributed by atoms with Gasteiger partial charge in [0.25, 0.3) is 0 Å². The molecule has 69 heavy (non-hydrogen) atoms. The first-order chi connectivity index (χ1) is 34.0. The average Bonchev–Trinajstić information content (AvgIpc) is 3.35. The molecule has 0 radical (unpaired) electrons. The standard InChI is InChI=1S/C63H125NO5/c1-3-5-7-9-11-13-15-17-28-32-35-39-43-47-51-55-61(66)60(59-65)64-62(67)56-52-48-44-40-36-33-29-26-24-22-20-18-19-21-23-25-27-30-34-38-42-46-50-54-58-69-63(68)57-53-49-45-41-37-31-16-14-12-10-8-6-4-2/h60-61,65-66H,3-59H2,1-2H3,(H,64,67). The molecule has 0 heterocycles. The minimum atomic E-state index is -0.662. The molecule has 0 fully saturated rings. The van der Waals surface area contributed by atoms with Gasteiger partial charge in [-0.05, 0) is 25.7 Å². The highest BCUT2D eigenvalue weighted by atomic mass is 16.5. The summed E-state index contributed by atoms with van der Waals surface area (Å²) in [5, 5.41) is 23.3. The molecule has 6 nitrogen and oxygen atoms in total. The third-order valence-corrected chi connectivity index (χ3v) is 15.2. The van der Waals surface area contributed by atoms with Crippen molar-refractivity contribution in [3.8, 4) is 0 Å². The Morgan fingerprint density at radius 1 is 0.348 bits per heavy atom. The smallest absolute Gasteiger partial charge is 0.305 e. The van der Waals surface area contributed by atoms with Crippen molar-refractivity contribution in [1.29, 1.82) is 0 Å². The van der Waals surface area contributed by atoms with Gasteiger partial charge in [-0.25, -0.2) is 0 Å². The third kappa shape index (κ3) is 56.0. The molecule has 0 saturated carbocycles. The molecule has 2 atom stereocenters. The Bertz CT molecular complexity index is 990. The van der Waals surface area contributed by atoms with Gasteiger partial charge in [-0.3, -0.25) is 9.59 Å². The lowest BCUT2D eigenvalue weighted by atomic mass is 10.0. The fourth-order valence-corrected chi connectivity index (χ4v) is 10.3. The van der Waals surface area contributed by atoms with Gasteiger partial charge in [0.05, 0.1) is 25.4 Å². The zero-order valence-electron chi connectivity index (χ0n) is 47.1. The van der Waals surface area contributed by atoms with E-state index >= 15 is 0 Å². The quantitative estimate of drug-likeness (QED) is 0.0417. The molecule has 412 valence electrons. The number of carbonyl (C=O) groups excluding carboxylic acids is 2. The predicted molar refractivity (Wildman–Crippen MR) is 301 cm³/mol. The Morgan fingerprint density at radius 2 is 0.594 bits per heavy atom. The molecule has 0 aromatic heterocycles. The highest BCUT2D eigenvalue weighted by molar-refractivity contribution is 5.76. The first-order valence-corrected chi connectivity index (χ1v) is 31.8. The van der Waals surface area contributed by atoms with Gasteiger partial charge in [0.15, 0.2) is 0 Å². The Hall–Kier alpha value is -1.14. The number of carbonyl (C=O) groups is 2. The maximum atomic E-state index is 12.5. The van der Waals surface area contributed by atoms with Crippen LogP contribution in [0.4, 0.5) is 0 Å². The Morgan fingerprint density at radius 3 is 0.884 bits per heavy atom. The number of rotatable bonds is 60. The lowest BCUT2D eigenvalue weighted by Gasteiger charge is -2.22. The number of hydrogen-bond donors (Lipinski definition) is 3. The summed E-state index contributed by atoms with van der Waals surface area (Å²) in [6.45, 7) is 4.99. The van der Waals surface area contributed by atoms with Crippen molar-refractivity contribution in [2.75, 3.05) is 13.2 Å². The molecule has 0 aromatic rings. The van der Waals surface area contributed by atoms with Crippen molar-refractivity contribution in [3.63, 3.8) is 0 Å². The molecule has 0 aliphatic rings. The van der Waals surface area contributed by atoms with Crippen molar-refractivity contribution in [2.24, 2.45) is 0 Å². The summed E-state index contributed by atoms with van der Waals surface area (Å²) in [6.07, 6.45) is 69.8. The summed E-state index contributed by atoms with van der Waals surface area (Å²) in [5.74, 6) is -0.0126. The van der Waals surface area contributed by atoms with E-state index in [0.29, 0.717) is 25.9 Å². The van der Waals surface area contributed by atoms with Crippen LogP contribution in [0.5, 0.6) is 0 Å². The fraction of sp³-hybridized carbons (Fsp3) is 0.968. The van der Waals surface area contributed by atoms with Crippen LogP contribution >= 0.6 is 0 Å². The fourth-order valence-electron chi connectivity index (χ4n) is 10.3. The van der Waals surface area contributed by atoms with E-state index in [1.807, 2.05) is 0 Å². The predicted octanol–water partition coefficient (Wildman–Crippen LogP) is 19.9. The molecule has 0 rings (SSSR count). The minimum absolute atomic E-state index is 0.0180. The van der Waals surface area contributed by atoms with E-state index in [9.17, 15) is 19.8 Å². The van der Waals surface area contributed by atoms with E-state index in [1.54, 1.807) is 0 Å². The molecular formula is C63H125NO5. The van der Waals surface area contributed by atoms with Gasteiger partial charge in [-0.15, -0.1) is 0 Å². The highest BCUT2D eigenvalue weighted by Crippen LogP contribution is 2.19. The molecule has 0 aliphatic heterocycles.